The summed E-state index contributed by atoms with van der Waals surface area (Å²) >= 11 is 0. The van der Waals surface area contributed by atoms with E-state index in [1.165, 1.54) is 18.6 Å². The third-order valence-corrected chi connectivity index (χ3v) is 3.56. The second-order valence-electron chi connectivity index (χ2n) is 5.05. The number of methoxy groups -OCH3 is 1. The lowest BCUT2D eigenvalue weighted by molar-refractivity contribution is -0.131. The summed E-state index contributed by atoms with van der Waals surface area (Å²) in [5.41, 5.74) is 0.292. The molecule has 23 heavy (non-hydrogen) atoms. The number of hydrogen-bond acceptors (Lipinski definition) is 5. The average Bonchev–Trinajstić information content (AvgIpc) is 2.59. The van der Waals surface area contributed by atoms with E-state index < -0.39 is 0 Å². The fraction of sp³-hybridized carbons (Fsp3) is 0.625. The SMILES string of the molecule is CCN(CC)C(=O)CCN(CCCOC)C(=O)c1cnccn1. The minimum absolute atomic E-state index is 0.0543. The number of hydrogen-bond donors (Lipinski definition) is 0. The minimum Gasteiger partial charge on any atom is -0.385 e. The summed E-state index contributed by atoms with van der Waals surface area (Å²) < 4.78 is 5.04. The summed E-state index contributed by atoms with van der Waals surface area (Å²) in [5, 5.41) is 0. The minimum atomic E-state index is -0.207. The standard InChI is InChI=1S/C16H26N4O3/c1-4-19(5-2)15(21)7-11-20(10-6-12-23-3)16(22)14-13-17-8-9-18-14/h8-9,13H,4-7,10-12H2,1-3H3. The molecule has 7 nitrogen and oxygen atoms in total. The summed E-state index contributed by atoms with van der Waals surface area (Å²) in [7, 11) is 1.62. The Morgan fingerprint density at radius 3 is 2.43 bits per heavy atom. The van der Waals surface area contributed by atoms with E-state index in [9.17, 15) is 9.59 Å². The van der Waals surface area contributed by atoms with Gasteiger partial charge in [0, 0.05) is 58.7 Å². The van der Waals surface area contributed by atoms with Crippen LogP contribution in [-0.2, 0) is 9.53 Å². The van der Waals surface area contributed by atoms with Crippen LogP contribution in [0.25, 0.3) is 0 Å². The molecule has 0 atom stereocenters. The van der Waals surface area contributed by atoms with E-state index in [2.05, 4.69) is 9.97 Å². The lowest BCUT2D eigenvalue weighted by Crippen LogP contribution is -2.38. The van der Waals surface area contributed by atoms with E-state index in [4.69, 9.17) is 4.74 Å². The third kappa shape index (κ3) is 6.32. The summed E-state index contributed by atoms with van der Waals surface area (Å²) in [5.74, 6) is -0.153. The Morgan fingerprint density at radius 2 is 1.87 bits per heavy atom. The van der Waals surface area contributed by atoms with Gasteiger partial charge in [-0.3, -0.25) is 14.6 Å². The zero-order chi connectivity index (χ0) is 17.1. The van der Waals surface area contributed by atoms with Gasteiger partial charge >= 0.3 is 0 Å². The van der Waals surface area contributed by atoms with E-state index >= 15 is 0 Å². The van der Waals surface area contributed by atoms with Crippen LogP contribution in [0.3, 0.4) is 0 Å². The highest BCUT2D eigenvalue weighted by molar-refractivity contribution is 5.92. The predicted molar refractivity (Wildman–Crippen MR) is 87.0 cm³/mol. The normalized spacial score (nSPS) is 10.4. The first kappa shape index (κ1) is 19.0. The Labute approximate surface area is 137 Å². The summed E-state index contributed by atoms with van der Waals surface area (Å²) in [4.78, 5) is 36.0. The predicted octanol–water partition coefficient (Wildman–Crippen LogP) is 1.21. The van der Waals surface area contributed by atoms with Crippen LogP contribution in [0.5, 0.6) is 0 Å². The first-order valence-electron chi connectivity index (χ1n) is 7.96. The van der Waals surface area contributed by atoms with E-state index in [-0.39, 0.29) is 11.8 Å². The number of rotatable bonds is 10. The van der Waals surface area contributed by atoms with Crippen molar-refractivity contribution in [3.8, 4) is 0 Å². The topological polar surface area (TPSA) is 75.6 Å². The molecule has 1 aromatic heterocycles. The van der Waals surface area contributed by atoms with Gasteiger partial charge in [0.15, 0.2) is 0 Å². The van der Waals surface area contributed by atoms with Crippen molar-refractivity contribution in [2.45, 2.75) is 26.7 Å². The Hall–Kier alpha value is -2.02. The highest BCUT2D eigenvalue weighted by atomic mass is 16.5. The molecule has 0 unspecified atom stereocenters. The zero-order valence-electron chi connectivity index (χ0n) is 14.2. The van der Waals surface area contributed by atoms with Crippen molar-refractivity contribution in [3.63, 3.8) is 0 Å². The van der Waals surface area contributed by atoms with Crippen molar-refractivity contribution in [1.82, 2.24) is 19.8 Å². The molecule has 2 amide bonds. The molecule has 0 fully saturated rings. The quantitative estimate of drug-likeness (QED) is 0.605. The fourth-order valence-electron chi connectivity index (χ4n) is 2.25. The van der Waals surface area contributed by atoms with Gasteiger partial charge in [0.05, 0.1) is 6.20 Å². The van der Waals surface area contributed by atoms with Crippen LogP contribution in [0.4, 0.5) is 0 Å². The molecular formula is C16H26N4O3. The number of ether oxygens (including phenoxy) is 1. The van der Waals surface area contributed by atoms with Crippen LogP contribution in [0, 0.1) is 0 Å². The maximum atomic E-state index is 12.5. The smallest absolute Gasteiger partial charge is 0.274 e. The van der Waals surface area contributed by atoms with Crippen molar-refractivity contribution < 1.29 is 14.3 Å². The molecule has 0 aliphatic rings. The van der Waals surface area contributed by atoms with Gasteiger partial charge in [0.2, 0.25) is 5.91 Å². The number of nitrogens with zero attached hydrogens (tertiary/aromatic N) is 4. The lowest BCUT2D eigenvalue weighted by atomic mass is 10.2. The molecule has 0 aliphatic heterocycles. The molecule has 0 saturated carbocycles. The van der Waals surface area contributed by atoms with Crippen LogP contribution in [0.2, 0.25) is 0 Å². The van der Waals surface area contributed by atoms with Crippen LogP contribution < -0.4 is 0 Å². The van der Waals surface area contributed by atoms with Crippen molar-refractivity contribution in [1.29, 1.82) is 0 Å². The molecule has 1 heterocycles. The molecule has 0 saturated heterocycles. The number of aromatic nitrogens is 2. The van der Waals surface area contributed by atoms with Crippen LogP contribution in [0.15, 0.2) is 18.6 Å². The number of carbonyl (C=O) groups excluding carboxylic acids is 2. The van der Waals surface area contributed by atoms with Crippen molar-refractivity contribution in [3.05, 3.63) is 24.3 Å². The monoisotopic (exact) mass is 322 g/mol. The Bertz CT molecular complexity index is 477. The van der Waals surface area contributed by atoms with E-state index in [1.807, 2.05) is 13.8 Å². The highest BCUT2D eigenvalue weighted by Gasteiger charge is 2.19. The van der Waals surface area contributed by atoms with Gasteiger partial charge in [0.25, 0.3) is 5.91 Å². The molecule has 0 N–H and O–H groups in total. The van der Waals surface area contributed by atoms with Gasteiger partial charge in [-0.25, -0.2) is 4.98 Å². The zero-order valence-corrected chi connectivity index (χ0v) is 14.2. The second kappa shape index (κ2) is 10.7. The van der Waals surface area contributed by atoms with Gasteiger partial charge < -0.3 is 14.5 Å². The van der Waals surface area contributed by atoms with Gasteiger partial charge in [-0.05, 0) is 20.3 Å². The first-order chi connectivity index (χ1) is 11.1. The van der Waals surface area contributed by atoms with Gasteiger partial charge in [-0.2, -0.15) is 0 Å². The highest BCUT2D eigenvalue weighted by Crippen LogP contribution is 2.05. The molecular weight excluding hydrogens is 296 g/mol. The lowest BCUT2D eigenvalue weighted by Gasteiger charge is -2.24. The summed E-state index contributed by atoms with van der Waals surface area (Å²) in [6, 6.07) is 0. The molecule has 7 heteroatoms. The van der Waals surface area contributed by atoms with Gasteiger partial charge in [-0.15, -0.1) is 0 Å². The average molecular weight is 322 g/mol. The fourth-order valence-corrected chi connectivity index (χ4v) is 2.25. The van der Waals surface area contributed by atoms with E-state index in [0.29, 0.717) is 51.3 Å². The van der Waals surface area contributed by atoms with Crippen LogP contribution in [0.1, 0.15) is 37.2 Å². The van der Waals surface area contributed by atoms with Crippen molar-refractivity contribution in [2.75, 3.05) is 39.9 Å². The number of carbonyl (C=O) groups is 2. The van der Waals surface area contributed by atoms with Gasteiger partial charge in [0.1, 0.15) is 5.69 Å². The van der Waals surface area contributed by atoms with E-state index in [1.54, 1.807) is 16.9 Å². The second-order valence-corrected chi connectivity index (χ2v) is 5.05. The molecule has 0 aromatic carbocycles. The Kier molecular flexibility index (Phi) is 8.82. The molecule has 0 aliphatic carbocycles. The molecule has 0 spiro atoms. The molecule has 128 valence electrons. The first-order valence-corrected chi connectivity index (χ1v) is 7.96. The van der Waals surface area contributed by atoms with Crippen LogP contribution in [-0.4, -0.2) is 71.5 Å². The van der Waals surface area contributed by atoms with Gasteiger partial charge in [-0.1, -0.05) is 0 Å². The van der Waals surface area contributed by atoms with Crippen molar-refractivity contribution in [2.24, 2.45) is 0 Å². The molecule has 0 radical (unpaired) electrons. The third-order valence-electron chi connectivity index (χ3n) is 3.56. The summed E-state index contributed by atoms with van der Waals surface area (Å²) in [6.07, 6.45) is 5.47. The summed E-state index contributed by atoms with van der Waals surface area (Å²) in [6.45, 7) is 6.70. The maximum absolute atomic E-state index is 12.5. The number of amides is 2. The van der Waals surface area contributed by atoms with E-state index in [0.717, 1.165) is 0 Å². The van der Waals surface area contributed by atoms with Crippen molar-refractivity contribution >= 4 is 11.8 Å². The molecule has 0 bridgehead atoms. The van der Waals surface area contributed by atoms with Crippen LogP contribution >= 0.6 is 0 Å². The Balaban J connectivity index is 2.68. The largest absolute Gasteiger partial charge is 0.385 e. The molecule has 1 aromatic rings. The Morgan fingerprint density at radius 1 is 1.13 bits per heavy atom. The maximum Gasteiger partial charge on any atom is 0.274 e. The molecule has 1 rings (SSSR count).